The summed E-state index contributed by atoms with van der Waals surface area (Å²) in [5.74, 6) is 0.943. The number of amides is 1. The van der Waals surface area contributed by atoms with E-state index >= 15 is 0 Å². The van der Waals surface area contributed by atoms with E-state index in [4.69, 9.17) is 11.5 Å². The molecular weight excluding hydrogens is 262 g/mol. The molecule has 19 heavy (non-hydrogen) atoms. The lowest BCUT2D eigenvalue weighted by atomic mass is 10.1. The Hall–Kier alpha value is -1.80. The molecule has 1 N–H and O–H groups in total. The zero-order valence-corrected chi connectivity index (χ0v) is 11.9. The van der Waals surface area contributed by atoms with E-state index in [2.05, 4.69) is 12.8 Å². The summed E-state index contributed by atoms with van der Waals surface area (Å²) < 4.78 is 0. The molecule has 0 atom stereocenters. The predicted octanol–water partition coefficient (Wildman–Crippen LogP) is 2.17. The summed E-state index contributed by atoms with van der Waals surface area (Å²) in [6.45, 7) is 3.68. The van der Waals surface area contributed by atoms with Gasteiger partial charge in [0.1, 0.15) is 6.54 Å². The smallest absolute Gasteiger partial charge is 0.323 e. The molecule has 0 saturated heterocycles. The van der Waals surface area contributed by atoms with Gasteiger partial charge in [0.15, 0.2) is 0 Å². The van der Waals surface area contributed by atoms with E-state index in [1.807, 2.05) is 13.0 Å². The summed E-state index contributed by atoms with van der Waals surface area (Å²) in [6, 6.07) is 1.84. The molecule has 0 aliphatic rings. The number of rotatable bonds is 6. The normalized spacial score (nSPS) is 9.95. The standard InChI is InChI=1S/C14H17NO3S/c1-4-6-11-8-12(19-10(11)3)14(18)15(7-5-2)9-13(16)17/h2,8H,4,6-7,9H2,1,3H3,(H,16,17). The molecule has 0 bridgehead atoms. The number of terminal acetylenes is 1. The van der Waals surface area contributed by atoms with Crippen molar-refractivity contribution in [3.05, 3.63) is 21.4 Å². The number of hydrogen-bond donors (Lipinski definition) is 1. The molecule has 0 unspecified atom stereocenters. The number of aryl methyl sites for hydroxylation is 2. The molecule has 1 aromatic heterocycles. The highest BCUT2D eigenvalue weighted by Gasteiger charge is 2.20. The topological polar surface area (TPSA) is 57.6 Å². The number of carbonyl (C=O) groups is 2. The Morgan fingerprint density at radius 2 is 2.21 bits per heavy atom. The van der Waals surface area contributed by atoms with Gasteiger partial charge >= 0.3 is 5.97 Å². The first-order valence-corrected chi connectivity index (χ1v) is 6.85. The average Bonchev–Trinajstić information content (AvgIpc) is 2.69. The number of hydrogen-bond acceptors (Lipinski definition) is 3. The lowest BCUT2D eigenvalue weighted by Crippen LogP contribution is -2.35. The van der Waals surface area contributed by atoms with Crippen molar-refractivity contribution >= 4 is 23.2 Å². The van der Waals surface area contributed by atoms with Crippen LogP contribution in [0.5, 0.6) is 0 Å². The quantitative estimate of drug-likeness (QED) is 0.812. The van der Waals surface area contributed by atoms with Crippen LogP contribution in [0.3, 0.4) is 0 Å². The van der Waals surface area contributed by atoms with Crippen LogP contribution in [0.4, 0.5) is 0 Å². The summed E-state index contributed by atoms with van der Waals surface area (Å²) in [7, 11) is 0. The van der Waals surface area contributed by atoms with Crippen molar-refractivity contribution in [1.82, 2.24) is 4.90 Å². The molecule has 1 amide bonds. The van der Waals surface area contributed by atoms with Crippen molar-refractivity contribution in [3.63, 3.8) is 0 Å². The molecule has 0 aliphatic carbocycles. The van der Waals surface area contributed by atoms with Crippen LogP contribution < -0.4 is 0 Å². The van der Waals surface area contributed by atoms with Gasteiger partial charge in [-0.25, -0.2) is 0 Å². The van der Waals surface area contributed by atoms with Gasteiger partial charge in [-0.3, -0.25) is 9.59 Å². The first kappa shape index (κ1) is 15.3. The third-order valence-corrected chi connectivity index (χ3v) is 3.73. The molecule has 102 valence electrons. The number of thiophene rings is 1. The lowest BCUT2D eigenvalue weighted by Gasteiger charge is -2.16. The summed E-state index contributed by atoms with van der Waals surface area (Å²) in [5.41, 5.74) is 1.15. The van der Waals surface area contributed by atoms with E-state index in [-0.39, 0.29) is 19.0 Å². The molecule has 0 fully saturated rings. The lowest BCUT2D eigenvalue weighted by molar-refractivity contribution is -0.137. The fourth-order valence-corrected chi connectivity index (χ4v) is 2.81. The minimum Gasteiger partial charge on any atom is -0.480 e. The molecule has 0 radical (unpaired) electrons. The fraction of sp³-hybridized carbons (Fsp3) is 0.429. The van der Waals surface area contributed by atoms with Crippen molar-refractivity contribution in [2.75, 3.05) is 13.1 Å². The van der Waals surface area contributed by atoms with E-state index in [0.717, 1.165) is 23.3 Å². The maximum atomic E-state index is 12.2. The minimum absolute atomic E-state index is 0.00515. The monoisotopic (exact) mass is 279 g/mol. The van der Waals surface area contributed by atoms with Gasteiger partial charge in [-0.2, -0.15) is 0 Å². The van der Waals surface area contributed by atoms with E-state index < -0.39 is 5.97 Å². The second-order valence-electron chi connectivity index (χ2n) is 4.20. The summed E-state index contributed by atoms with van der Waals surface area (Å²) in [4.78, 5) is 25.8. The average molecular weight is 279 g/mol. The Labute approximate surface area is 117 Å². The maximum absolute atomic E-state index is 12.2. The van der Waals surface area contributed by atoms with E-state index in [0.29, 0.717) is 4.88 Å². The van der Waals surface area contributed by atoms with Crippen LogP contribution in [-0.4, -0.2) is 35.0 Å². The Bertz CT molecular complexity index is 513. The van der Waals surface area contributed by atoms with Gasteiger partial charge in [-0.05, 0) is 25.0 Å². The van der Waals surface area contributed by atoms with Crippen LogP contribution in [0.2, 0.25) is 0 Å². The van der Waals surface area contributed by atoms with Crippen LogP contribution in [0.1, 0.15) is 33.5 Å². The van der Waals surface area contributed by atoms with Crippen molar-refractivity contribution in [3.8, 4) is 12.3 Å². The molecule has 0 aliphatic heterocycles. The van der Waals surface area contributed by atoms with Gasteiger partial charge in [0, 0.05) is 4.88 Å². The molecule has 5 heteroatoms. The predicted molar refractivity (Wildman–Crippen MR) is 75.4 cm³/mol. The van der Waals surface area contributed by atoms with Crippen molar-refractivity contribution < 1.29 is 14.7 Å². The first-order chi connectivity index (χ1) is 8.99. The van der Waals surface area contributed by atoms with Crippen LogP contribution in [0.25, 0.3) is 0 Å². The van der Waals surface area contributed by atoms with Gasteiger partial charge in [-0.1, -0.05) is 19.3 Å². The zero-order valence-electron chi connectivity index (χ0n) is 11.1. The molecule has 1 heterocycles. The van der Waals surface area contributed by atoms with Gasteiger partial charge in [0.25, 0.3) is 5.91 Å². The van der Waals surface area contributed by atoms with Gasteiger partial charge in [-0.15, -0.1) is 17.8 Å². The van der Waals surface area contributed by atoms with E-state index in [1.165, 1.54) is 16.2 Å². The second kappa shape index (κ2) is 6.95. The molecule has 0 saturated carbocycles. The summed E-state index contributed by atoms with van der Waals surface area (Å²) in [5, 5.41) is 8.79. The minimum atomic E-state index is -1.06. The first-order valence-electron chi connectivity index (χ1n) is 6.03. The Kier molecular flexibility index (Phi) is 5.58. The number of nitrogens with zero attached hydrogens (tertiary/aromatic N) is 1. The molecule has 0 spiro atoms. The number of carbonyl (C=O) groups excluding carboxylic acids is 1. The Morgan fingerprint density at radius 3 is 2.74 bits per heavy atom. The third-order valence-electron chi connectivity index (χ3n) is 2.65. The molecule has 0 aromatic carbocycles. The van der Waals surface area contributed by atoms with Crippen LogP contribution >= 0.6 is 11.3 Å². The Balaban J connectivity index is 2.93. The fourth-order valence-electron chi connectivity index (χ4n) is 1.77. The van der Waals surface area contributed by atoms with Crippen LogP contribution in [0, 0.1) is 19.3 Å². The van der Waals surface area contributed by atoms with E-state index in [1.54, 1.807) is 0 Å². The number of carboxylic acids is 1. The number of aliphatic carboxylic acids is 1. The highest BCUT2D eigenvalue weighted by Crippen LogP contribution is 2.24. The van der Waals surface area contributed by atoms with E-state index in [9.17, 15) is 9.59 Å². The van der Waals surface area contributed by atoms with Crippen LogP contribution in [0.15, 0.2) is 6.07 Å². The number of carboxylic acid groups (broad SMARTS) is 1. The van der Waals surface area contributed by atoms with Gasteiger partial charge in [0.2, 0.25) is 0 Å². The molecule has 1 rings (SSSR count). The largest absolute Gasteiger partial charge is 0.480 e. The van der Waals surface area contributed by atoms with Crippen molar-refractivity contribution in [1.29, 1.82) is 0 Å². The van der Waals surface area contributed by atoms with Crippen LogP contribution in [-0.2, 0) is 11.2 Å². The zero-order chi connectivity index (χ0) is 14.4. The highest BCUT2D eigenvalue weighted by molar-refractivity contribution is 7.14. The third kappa shape index (κ3) is 4.11. The Morgan fingerprint density at radius 1 is 1.53 bits per heavy atom. The van der Waals surface area contributed by atoms with Crippen molar-refractivity contribution in [2.24, 2.45) is 0 Å². The summed E-state index contributed by atoms with van der Waals surface area (Å²) in [6.07, 6.45) is 7.10. The molecule has 4 nitrogen and oxygen atoms in total. The summed E-state index contributed by atoms with van der Waals surface area (Å²) >= 11 is 1.39. The second-order valence-corrected chi connectivity index (χ2v) is 5.46. The highest BCUT2D eigenvalue weighted by atomic mass is 32.1. The van der Waals surface area contributed by atoms with Gasteiger partial charge in [0.05, 0.1) is 11.4 Å². The van der Waals surface area contributed by atoms with Crippen molar-refractivity contribution in [2.45, 2.75) is 26.7 Å². The molecular formula is C14H17NO3S. The SMILES string of the molecule is C#CCN(CC(=O)O)C(=O)c1cc(CCC)c(C)s1. The maximum Gasteiger partial charge on any atom is 0.323 e. The van der Waals surface area contributed by atoms with Gasteiger partial charge < -0.3 is 10.0 Å². The molecule has 1 aromatic rings.